The average molecular weight is 295 g/mol. The Morgan fingerprint density at radius 2 is 1.88 bits per heavy atom. The zero-order valence-electron chi connectivity index (χ0n) is 7.43. The molecule has 86 valence electrons. The third kappa shape index (κ3) is 2.44. The van der Waals surface area contributed by atoms with E-state index in [0.29, 0.717) is 6.07 Å². The van der Waals surface area contributed by atoms with Crippen molar-refractivity contribution in [2.24, 2.45) is 0 Å². The molecular weight excluding hydrogens is 291 g/mol. The van der Waals surface area contributed by atoms with Crippen LogP contribution >= 0.6 is 0 Å². The first-order valence-corrected chi connectivity index (χ1v) is 5.89. The van der Waals surface area contributed by atoms with Gasteiger partial charge in [-0.15, -0.1) is 0 Å². The maximum absolute atomic E-state index is 11.1. The summed E-state index contributed by atoms with van der Waals surface area (Å²) in [6.45, 7) is 0. The third-order valence-corrected chi connectivity index (χ3v) is 3.36. The summed E-state index contributed by atoms with van der Waals surface area (Å²) < 4.78 is 14.2. The minimum atomic E-state index is -3.41. The van der Waals surface area contributed by atoms with Crippen molar-refractivity contribution in [3.63, 3.8) is 0 Å². The van der Waals surface area contributed by atoms with Gasteiger partial charge in [0.05, 0.1) is 0 Å². The van der Waals surface area contributed by atoms with E-state index in [0.717, 1.165) is 12.1 Å². The number of hydrogen-bond acceptors (Lipinski definition) is 7. The van der Waals surface area contributed by atoms with Crippen LogP contribution in [-0.4, -0.2) is 29.3 Å². The predicted molar refractivity (Wildman–Crippen MR) is 49.5 cm³/mol. The van der Waals surface area contributed by atoms with Crippen LogP contribution in [0, 0.1) is 20.2 Å². The van der Waals surface area contributed by atoms with Crippen LogP contribution in [0.5, 0.6) is 0 Å². The van der Waals surface area contributed by atoms with Gasteiger partial charge in [-0.05, 0) is 0 Å². The summed E-state index contributed by atoms with van der Waals surface area (Å²) in [5.74, 6) is 0. The SMILES string of the molecule is O=[N+]([O-])c1ccc([Se](=O)OO)c([N+](=O)[O-])c1. The van der Waals surface area contributed by atoms with Crippen LogP contribution in [0.25, 0.3) is 0 Å². The minimum absolute atomic E-state index is 0.363. The van der Waals surface area contributed by atoms with Crippen LogP contribution < -0.4 is 4.46 Å². The second-order valence-corrected chi connectivity index (χ2v) is 4.70. The van der Waals surface area contributed by atoms with Gasteiger partial charge in [0.1, 0.15) is 0 Å². The van der Waals surface area contributed by atoms with Crippen LogP contribution in [0.4, 0.5) is 11.4 Å². The molecule has 1 aromatic rings. The summed E-state index contributed by atoms with van der Waals surface area (Å²) in [7, 11) is 0. The van der Waals surface area contributed by atoms with Crippen molar-refractivity contribution in [2.45, 2.75) is 0 Å². The van der Waals surface area contributed by atoms with Gasteiger partial charge in [0.15, 0.2) is 0 Å². The van der Waals surface area contributed by atoms with Gasteiger partial charge in [0.2, 0.25) is 0 Å². The first kappa shape index (κ1) is 12.3. The number of nitro benzene ring substituents is 2. The Labute approximate surface area is 91.9 Å². The van der Waals surface area contributed by atoms with E-state index in [4.69, 9.17) is 5.26 Å². The topological polar surface area (TPSA) is 133 Å². The van der Waals surface area contributed by atoms with Crippen LogP contribution in [0.15, 0.2) is 18.2 Å². The number of hydrogen-bond donors (Lipinski definition) is 1. The van der Waals surface area contributed by atoms with Gasteiger partial charge in [0, 0.05) is 0 Å². The molecule has 1 atom stereocenters. The van der Waals surface area contributed by atoms with Gasteiger partial charge >= 0.3 is 91.3 Å². The van der Waals surface area contributed by atoms with E-state index >= 15 is 0 Å². The molecule has 9 nitrogen and oxygen atoms in total. The molecule has 0 heterocycles. The molecule has 0 bridgehead atoms. The van der Waals surface area contributed by atoms with Crippen molar-refractivity contribution in [2.75, 3.05) is 0 Å². The van der Waals surface area contributed by atoms with E-state index in [1.54, 1.807) is 0 Å². The molecule has 16 heavy (non-hydrogen) atoms. The average Bonchev–Trinajstić information content (AvgIpc) is 2.26. The van der Waals surface area contributed by atoms with Crippen LogP contribution in [0.3, 0.4) is 0 Å². The number of non-ortho nitro benzene ring substituents is 1. The summed E-state index contributed by atoms with van der Waals surface area (Å²) in [4.78, 5) is 19.1. The Kier molecular flexibility index (Phi) is 3.74. The quantitative estimate of drug-likeness (QED) is 0.361. The molecule has 1 unspecified atom stereocenters. The van der Waals surface area contributed by atoms with Gasteiger partial charge in [0.25, 0.3) is 0 Å². The van der Waals surface area contributed by atoms with E-state index in [1.807, 2.05) is 0 Å². The third-order valence-electron chi connectivity index (χ3n) is 1.60. The second-order valence-electron chi connectivity index (χ2n) is 2.48. The number of nitro groups is 2. The fourth-order valence-corrected chi connectivity index (χ4v) is 2.13. The molecule has 0 saturated heterocycles. The van der Waals surface area contributed by atoms with Gasteiger partial charge in [-0.2, -0.15) is 0 Å². The molecule has 1 N–H and O–H groups in total. The molecule has 0 aliphatic heterocycles. The summed E-state index contributed by atoms with van der Waals surface area (Å²) in [5, 5.41) is 29.1. The predicted octanol–water partition coefficient (Wildman–Crippen LogP) is 0.118. The zero-order valence-corrected chi connectivity index (χ0v) is 9.14. The number of rotatable bonds is 4. The molecular formula is C6H4N2O7Se. The van der Waals surface area contributed by atoms with E-state index in [9.17, 15) is 24.1 Å². The Morgan fingerprint density at radius 3 is 2.31 bits per heavy atom. The Bertz CT molecular complexity index is 474. The van der Waals surface area contributed by atoms with Gasteiger partial charge in [-0.25, -0.2) is 0 Å². The molecule has 10 heteroatoms. The maximum atomic E-state index is 11.1. The summed E-state index contributed by atoms with van der Waals surface area (Å²) in [6, 6.07) is 2.52. The van der Waals surface area contributed by atoms with Crippen molar-refractivity contribution in [1.29, 1.82) is 0 Å². The molecule has 1 rings (SSSR count). The summed E-state index contributed by atoms with van der Waals surface area (Å²) in [6.07, 6.45) is 0. The van der Waals surface area contributed by atoms with Gasteiger partial charge in [-0.1, -0.05) is 0 Å². The molecule has 0 aromatic heterocycles. The molecule has 0 spiro atoms. The van der Waals surface area contributed by atoms with Crippen LogP contribution in [0.1, 0.15) is 0 Å². The molecule has 0 fully saturated rings. The van der Waals surface area contributed by atoms with E-state index in [-0.39, 0.29) is 4.46 Å². The Balaban J connectivity index is 3.36. The Hall–Kier alpha value is -1.74. The van der Waals surface area contributed by atoms with Crippen molar-refractivity contribution < 1.29 is 22.9 Å². The second kappa shape index (κ2) is 4.86. The van der Waals surface area contributed by atoms with Crippen molar-refractivity contribution in [3.05, 3.63) is 38.4 Å². The van der Waals surface area contributed by atoms with Gasteiger partial charge in [-0.3, -0.25) is 0 Å². The van der Waals surface area contributed by atoms with E-state index in [2.05, 4.69) is 3.97 Å². The van der Waals surface area contributed by atoms with Gasteiger partial charge < -0.3 is 0 Å². The fraction of sp³-hybridized carbons (Fsp3) is 0. The molecule has 0 saturated carbocycles. The van der Waals surface area contributed by atoms with Crippen molar-refractivity contribution >= 4 is 30.0 Å². The van der Waals surface area contributed by atoms with Crippen LogP contribution in [0.2, 0.25) is 0 Å². The van der Waals surface area contributed by atoms with E-state index in [1.165, 1.54) is 0 Å². The molecule has 0 aliphatic carbocycles. The number of benzene rings is 1. The van der Waals surface area contributed by atoms with Crippen LogP contribution in [-0.2, 0) is 7.80 Å². The normalized spacial score (nSPS) is 12.1. The first-order valence-electron chi connectivity index (χ1n) is 3.64. The fourth-order valence-electron chi connectivity index (χ4n) is 0.943. The summed E-state index contributed by atoms with van der Waals surface area (Å²) >= 11 is -3.41. The molecule has 0 radical (unpaired) electrons. The Morgan fingerprint density at radius 1 is 1.25 bits per heavy atom. The first-order chi connectivity index (χ1) is 7.47. The molecule has 1 aromatic carbocycles. The zero-order chi connectivity index (χ0) is 12.3. The molecule has 0 aliphatic rings. The van der Waals surface area contributed by atoms with Crippen molar-refractivity contribution in [1.82, 2.24) is 0 Å². The molecule has 0 amide bonds. The monoisotopic (exact) mass is 296 g/mol. The number of nitrogens with zero attached hydrogens (tertiary/aromatic N) is 2. The van der Waals surface area contributed by atoms with E-state index < -0.39 is 35.4 Å². The van der Waals surface area contributed by atoms with Crippen molar-refractivity contribution in [3.8, 4) is 0 Å². The standard InChI is InChI=1S/C6H4N2O7Se/c9-7(10)4-1-2-6(16(14)15-13)5(3-4)8(11)12/h1-3,13H. The summed E-state index contributed by atoms with van der Waals surface area (Å²) in [5.41, 5.74) is -1.23.